The monoisotopic (exact) mass is 453 g/mol. The average Bonchev–Trinajstić information content (AvgIpc) is 3.05. The summed E-state index contributed by atoms with van der Waals surface area (Å²) < 4.78 is 5.55. The Morgan fingerprint density at radius 2 is 1.88 bits per heavy atom. The number of piperidine rings is 1. The van der Waals surface area contributed by atoms with E-state index >= 15 is 0 Å². The first-order chi connectivity index (χ1) is 15.9. The number of fused-ring (bicyclic) bond motifs is 1. The first-order valence-corrected chi connectivity index (χ1v) is 11.1. The Balaban J connectivity index is 1.52. The molecule has 2 aliphatic heterocycles. The summed E-state index contributed by atoms with van der Waals surface area (Å²) >= 11 is 0. The molecule has 0 saturated carbocycles. The molecule has 1 saturated heterocycles. The molecule has 0 spiro atoms. The lowest BCUT2D eigenvalue weighted by molar-refractivity contribution is -0.136. The molecule has 1 unspecified atom stereocenters. The number of imide groups is 2. The van der Waals surface area contributed by atoms with Crippen molar-refractivity contribution in [2.75, 3.05) is 13.2 Å². The molecule has 0 aliphatic carbocycles. The lowest BCUT2D eigenvalue weighted by Gasteiger charge is -2.27. The molecule has 0 bridgehead atoms. The second-order valence-corrected chi connectivity index (χ2v) is 7.99. The highest BCUT2D eigenvalue weighted by molar-refractivity contribution is 6.24. The standard InChI is InChI=1S/C24H27N3O6/c1-2-3-4-5-6-7-8-14-25-20(29)15-33-18-11-9-10-16-21(18)24(32)27(23(16)31)17-12-13-19(28)26-22(17)30/h1,9-11,17H,3-8,12-15H2,(H,25,29)(H,26,28,30). The molecular weight excluding hydrogens is 426 g/mol. The molecule has 1 atom stereocenters. The van der Waals surface area contributed by atoms with Crippen LogP contribution in [-0.4, -0.2) is 53.6 Å². The Morgan fingerprint density at radius 1 is 1.12 bits per heavy atom. The van der Waals surface area contributed by atoms with Crippen molar-refractivity contribution in [2.24, 2.45) is 0 Å². The molecule has 33 heavy (non-hydrogen) atoms. The zero-order valence-electron chi connectivity index (χ0n) is 18.4. The van der Waals surface area contributed by atoms with Crippen LogP contribution in [0.1, 0.15) is 72.1 Å². The van der Waals surface area contributed by atoms with Gasteiger partial charge in [-0.3, -0.25) is 34.2 Å². The van der Waals surface area contributed by atoms with Crippen LogP contribution in [0.15, 0.2) is 18.2 Å². The predicted octanol–water partition coefficient (Wildman–Crippen LogP) is 1.56. The first kappa shape index (κ1) is 24.0. The van der Waals surface area contributed by atoms with Crippen LogP contribution in [0.25, 0.3) is 0 Å². The fraction of sp³-hybridized carbons (Fsp3) is 0.458. The quantitative estimate of drug-likeness (QED) is 0.298. The van der Waals surface area contributed by atoms with Crippen molar-refractivity contribution in [3.05, 3.63) is 29.3 Å². The van der Waals surface area contributed by atoms with E-state index in [0.717, 1.165) is 43.4 Å². The maximum Gasteiger partial charge on any atom is 0.266 e. The lowest BCUT2D eigenvalue weighted by atomic mass is 10.0. The Morgan fingerprint density at radius 3 is 2.64 bits per heavy atom. The fourth-order valence-corrected chi connectivity index (χ4v) is 3.91. The molecule has 1 aromatic rings. The summed E-state index contributed by atoms with van der Waals surface area (Å²) in [6, 6.07) is 3.46. The maximum atomic E-state index is 13.0. The van der Waals surface area contributed by atoms with Gasteiger partial charge in [-0.2, -0.15) is 0 Å². The van der Waals surface area contributed by atoms with Crippen LogP contribution >= 0.6 is 0 Å². The second kappa shape index (κ2) is 11.3. The van der Waals surface area contributed by atoms with E-state index in [1.54, 1.807) is 6.07 Å². The van der Waals surface area contributed by atoms with E-state index in [2.05, 4.69) is 16.6 Å². The molecular formula is C24H27N3O6. The molecule has 1 fully saturated rings. The number of nitrogens with one attached hydrogen (secondary N) is 2. The largest absolute Gasteiger partial charge is 0.483 e. The van der Waals surface area contributed by atoms with E-state index in [9.17, 15) is 24.0 Å². The molecule has 2 heterocycles. The number of carbonyl (C=O) groups excluding carboxylic acids is 5. The van der Waals surface area contributed by atoms with Gasteiger partial charge in [-0.05, 0) is 31.4 Å². The molecule has 174 valence electrons. The Bertz CT molecular complexity index is 996. The number of hydrogen-bond acceptors (Lipinski definition) is 6. The molecule has 2 aliphatic rings. The topological polar surface area (TPSA) is 122 Å². The van der Waals surface area contributed by atoms with Gasteiger partial charge in [0, 0.05) is 19.4 Å². The van der Waals surface area contributed by atoms with Gasteiger partial charge in [0.1, 0.15) is 11.8 Å². The number of rotatable bonds is 11. The van der Waals surface area contributed by atoms with E-state index in [1.165, 1.54) is 12.1 Å². The van der Waals surface area contributed by atoms with Crippen LogP contribution in [0.5, 0.6) is 5.75 Å². The Kier molecular flexibility index (Phi) is 8.19. The summed E-state index contributed by atoms with van der Waals surface area (Å²) in [4.78, 5) is 62.3. The van der Waals surface area contributed by atoms with E-state index in [-0.39, 0.29) is 42.2 Å². The van der Waals surface area contributed by atoms with Crippen molar-refractivity contribution in [2.45, 2.75) is 57.4 Å². The van der Waals surface area contributed by atoms with Gasteiger partial charge in [0.15, 0.2) is 6.61 Å². The van der Waals surface area contributed by atoms with Crippen molar-refractivity contribution in [3.8, 4) is 18.1 Å². The van der Waals surface area contributed by atoms with Gasteiger partial charge < -0.3 is 10.1 Å². The third kappa shape index (κ3) is 5.77. The number of benzene rings is 1. The number of hydrogen-bond donors (Lipinski definition) is 2. The molecule has 0 aromatic heterocycles. The highest BCUT2D eigenvalue weighted by Gasteiger charge is 2.46. The van der Waals surface area contributed by atoms with Crippen molar-refractivity contribution in [1.82, 2.24) is 15.5 Å². The first-order valence-electron chi connectivity index (χ1n) is 11.1. The molecule has 3 rings (SSSR count). The van der Waals surface area contributed by atoms with Gasteiger partial charge in [0.2, 0.25) is 11.8 Å². The van der Waals surface area contributed by atoms with Crippen LogP contribution in [-0.2, 0) is 14.4 Å². The smallest absolute Gasteiger partial charge is 0.266 e. The summed E-state index contributed by atoms with van der Waals surface area (Å²) in [5.74, 6) is -0.0402. The van der Waals surface area contributed by atoms with Crippen LogP contribution in [0.2, 0.25) is 0 Å². The third-order valence-electron chi connectivity index (χ3n) is 5.61. The minimum absolute atomic E-state index is 0.0203. The van der Waals surface area contributed by atoms with Gasteiger partial charge in [-0.15, -0.1) is 12.3 Å². The summed E-state index contributed by atoms with van der Waals surface area (Å²) in [5, 5.41) is 4.92. The van der Waals surface area contributed by atoms with E-state index < -0.39 is 29.7 Å². The number of terminal acetylenes is 1. The summed E-state index contributed by atoms with van der Waals surface area (Å²) in [6.07, 6.45) is 11.1. The number of carbonyl (C=O) groups is 5. The van der Waals surface area contributed by atoms with Crippen molar-refractivity contribution >= 4 is 29.5 Å². The number of ether oxygens (including phenoxy) is 1. The van der Waals surface area contributed by atoms with E-state index in [0.29, 0.717) is 6.54 Å². The van der Waals surface area contributed by atoms with E-state index in [4.69, 9.17) is 11.2 Å². The van der Waals surface area contributed by atoms with Crippen LogP contribution < -0.4 is 15.4 Å². The number of unbranched alkanes of at least 4 members (excludes halogenated alkanes) is 5. The summed E-state index contributed by atoms with van der Waals surface area (Å²) in [6.45, 7) is 0.212. The molecule has 2 N–H and O–H groups in total. The van der Waals surface area contributed by atoms with Gasteiger partial charge in [-0.1, -0.05) is 25.3 Å². The molecule has 9 heteroatoms. The second-order valence-electron chi connectivity index (χ2n) is 7.99. The fourth-order valence-electron chi connectivity index (χ4n) is 3.91. The third-order valence-corrected chi connectivity index (χ3v) is 5.61. The maximum absolute atomic E-state index is 13.0. The minimum atomic E-state index is -1.06. The molecule has 5 amide bonds. The van der Waals surface area contributed by atoms with Crippen LogP contribution in [0, 0.1) is 12.3 Å². The van der Waals surface area contributed by atoms with Crippen molar-refractivity contribution < 1.29 is 28.7 Å². The molecule has 1 aromatic carbocycles. The minimum Gasteiger partial charge on any atom is -0.483 e. The summed E-state index contributed by atoms with van der Waals surface area (Å²) in [5.41, 5.74) is 0.124. The Hall–Kier alpha value is -3.67. The summed E-state index contributed by atoms with van der Waals surface area (Å²) in [7, 11) is 0. The van der Waals surface area contributed by atoms with Gasteiger partial charge in [0.05, 0.1) is 11.1 Å². The number of amides is 5. The SMILES string of the molecule is C#CCCCCCCCNC(=O)COc1cccc2c1C(=O)N(C1CCC(=O)NC1=O)C2=O. The molecule has 0 radical (unpaired) electrons. The highest BCUT2D eigenvalue weighted by Crippen LogP contribution is 2.33. The normalized spacial score (nSPS) is 17.4. The van der Waals surface area contributed by atoms with Crippen LogP contribution in [0.3, 0.4) is 0 Å². The van der Waals surface area contributed by atoms with Crippen molar-refractivity contribution in [1.29, 1.82) is 0 Å². The van der Waals surface area contributed by atoms with Gasteiger partial charge >= 0.3 is 0 Å². The van der Waals surface area contributed by atoms with Gasteiger partial charge in [-0.25, -0.2) is 0 Å². The average molecular weight is 453 g/mol. The lowest BCUT2D eigenvalue weighted by Crippen LogP contribution is -2.54. The number of nitrogens with zero attached hydrogens (tertiary/aromatic N) is 1. The Labute approximate surface area is 192 Å². The highest BCUT2D eigenvalue weighted by atomic mass is 16.5. The van der Waals surface area contributed by atoms with E-state index in [1.807, 2.05) is 0 Å². The zero-order valence-corrected chi connectivity index (χ0v) is 18.4. The zero-order chi connectivity index (χ0) is 23.8. The molecule has 9 nitrogen and oxygen atoms in total. The van der Waals surface area contributed by atoms with Gasteiger partial charge in [0.25, 0.3) is 17.7 Å². The van der Waals surface area contributed by atoms with Crippen molar-refractivity contribution in [3.63, 3.8) is 0 Å². The predicted molar refractivity (Wildman–Crippen MR) is 118 cm³/mol. The van der Waals surface area contributed by atoms with Crippen LogP contribution in [0.4, 0.5) is 0 Å².